The summed E-state index contributed by atoms with van der Waals surface area (Å²) in [6.45, 7) is 0.0868. The summed E-state index contributed by atoms with van der Waals surface area (Å²) in [5.74, 6) is 2.87. The Bertz CT molecular complexity index is 129. The molecule has 4 heteroatoms. The van der Waals surface area contributed by atoms with Gasteiger partial charge in [0.25, 0.3) is 0 Å². The third-order valence-corrected chi connectivity index (χ3v) is 1.85. The van der Waals surface area contributed by atoms with Crippen LogP contribution in [-0.2, 0) is 15.3 Å². The maximum absolute atomic E-state index is 10.5. The molecule has 0 rings (SSSR count). The van der Waals surface area contributed by atoms with Crippen LogP contribution in [0.2, 0.25) is 0 Å². The van der Waals surface area contributed by atoms with Gasteiger partial charge in [-0.05, 0) is 0 Å². The standard InChI is InChI=1S/C5H7ClO2S/c1-2-4-8-9(7)5-3-6/h1H,3-5H2. The molecule has 2 nitrogen and oxygen atoms in total. The highest BCUT2D eigenvalue weighted by molar-refractivity contribution is 7.80. The summed E-state index contributed by atoms with van der Waals surface area (Å²) in [4.78, 5) is 0. The first kappa shape index (κ1) is 8.96. The quantitative estimate of drug-likeness (QED) is 0.450. The van der Waals surface area contributed by atoms with Gasteiger partial charge in [-0.15, -0.1) is 18.0 Å². The molecule has 0 fully saturated rings. The molecule has 0 bridgehead atoms. The summed E-state index contributed by atoms with van der Waals surface area (Å²) >= 11 is 3.96. The zero-order chi connectivity index (χ0) is 7.11. The van der Waals surface area contributed by atoms with Gasteiger partial charge >= 0.3 is 0 Å². The molecule has 1 unspecified atom stereocenters. The van der Waals surface area contributed by atoms with Crippen LogP contribution in [-0.4, -0.2) is 22.4 Å². The van der Waals surface area contributed by atoms with Gasteiger partial charge in [0, 0.05) is 5.88 Å². The molecule has 0 amide bonds. The summed E-state index contributed by atoms with van der Waals surface area (Å²) in [6.07, 6.45) is 4.83. The highest BCUT2D eigenvalue weighted by Crippen LogP contribution is 1.86. The van der Waals surface area contributed by atoms with Crippen LogP contribution >= 0.6 is 11.6 Å². The first-order valence-electron chi connectivity index (χ1n) is 2.32. The van der Waals surface area contributed by atoms with Crippen LogP contribution in [0, 0.1) is 12.3 Å². The number of terminal acetylenes is 1. The van der Waals surface area contributed by atoms with E-state index < -0.39 is 11.1 Å². The average molecular weight is 167 g/mol. The molecule has 52 valence electrons. The Labute approximate surface area is 62.2 Å². The van der Waals surface area contributed by atoms with E-state index in [1.54, 1.807) is 0 Å². The van der Waals surface area contributed by atoms with Crippen molar-refractivity contribution in [2.24, 2.45) is 0 Å². The number of hydrogen-bond acceptors (Lipinski definition) is 2. The highest BCUT2D eigenvalue weighted by atomic mass is 35.5. The smallest absolute Gasteiger partial charge is 0.157 e. The number of halogens is 1. The van der Waals surface area contributed by atoms with Gasteiger partial charge < -0.3 is 0 Å². The van der Waals surface area contributed by atoms with Crippen molar-refractivity contribution in [2.75, 3.05) is 18.2 Å². The minimum Gasteiger partial charge on any atom is -0.277 e. The van der Waals surface area contributed by atoms with Crippen molar-refractivity contribution in [1.82, 2.24) is 0 Å². The molecule has 0 N–H and O–H groups in total. The van der Waals surface area contributed by atoms with Crippen LogP contribution in [0.15, 0.2) is 0 Å². The molecule has 0 aromatic carbocycles. The zero-order valence-electron chi connectivity index (χ0n) is 4.80. The Hall–Kier alpha value is -0.0400. The molecule has 0 radical (unpaired) electrons. The maximum atomic E-state index is 10.5. The van der Waals surface area contributed by atoms with E-state index in [1.807, 2.05) is 0 Å². The Morgan fingerprint density at radius 2 is 2.44 bits per heavy atom. The molecule has 0 aromatic heterocycles. The van der Waals surface area contributed by atoms with Crippen molar-refractivity contribution in [3.05, 3.63) is 0 Å². The van der Waals surface area contributed by atoms with E-state index in [4.69, 9.17) is 18.0 Å². The third-order valence-electron chi connectivity index (χ3n) is 0.518. The molecule has 0 spiro atoms. The Kier molecular flexibility index (Phi) is 6.06. The first-order valence-corrected chi connectivity index (χ1v) is 4.10. The molecule has 0 saturated heterocycles. The normalized spacial score (nSPS) is 12.4. The minimum atomic E-state index is -1.29. The van der Waals surface area contributed by atoms with Gasteiger partial charge in [0.1, 0.15) is 6.61 Å². The first-order chi connectivity index (χ1) is 4.31. The fourth-order valence-electron chi connectivity index (χ4n) is 0.222. The molecule has 0 heterocycles. The van der Waals surface area contributed by atoms with E-state index in [-0.39, 0.29) is 6.61 Å². The fourth-order valence-corrected chi connectivity index (χ4v) is 1.04. The third kappa shape index (κ3) is 5.84. The molecule has 0 aliphatic carbocycles. The lowest BCUT2D eigenvalue weighted by Crippen LogP contribution is -2.03. The molecular weight excluding hydrogens is 160 g/mol. The summed E-state index contributed by atoms with van der Waals surface area (Å²) in [7, 11) is 0. The molecule has 1 atom stereocenters. The molecule has 9 heavy (non-hydrogen) atoms. The maximum Gasteiger partial charge on any atom is 0.157 e. The predicted molar refractivity (Wildman–Crippen MR) is 38.5 cm³/mol. The van der Waals surface area contributed by atoms with Crippen LogP contribution in [0.25, 0.3) is 0 Å². The van der Waals surface area contributed by atoms with E-state index in [2.05, 4.69) is 10.1 Å². The van der Waals surface area contributed by atoms with Crippen LogP contribution in [0.3, 0.4) is 0 Å². The van der Waals surface area contributed by atoms with Crippen molar-refractivity contribution in [3.8, 4) is 12.3 Å². The summed E-state index contributed by atoms with van der Waals surface area (Å²) in [6, 6.07) is 0. The second-order valence-electron chi connectivity index (χ2n) is 1.16. The van der Waals surface area contributed by atoms with Crippen LogP contribution in [0.1, 0.15) is 0 Å². The number of hydrogen-bond donors (Lipinski definition) is 0. The topological polar surface area (TPSA) is 26.3 Å². The predicted octanol–water partition coefficient (Wildman–Crippen LogP) is 0.539. The van der Waals surface area contributed by atoms with E-state index in [9.17, 15) is 4.21 Å². The lowest BCUT2D eigenvalue weighted by Gasteiger charge is -1.93. The molecule has 0 saturated carbocycles. The summed E-state index contributed by atoms with van der Waals surface area (Å²) in [5, 5.41) is 0. The van der Waals surface area contributed by atoms with Crippen LogP contribution < -0.4 is 0 Å². The molecule has 0 aliphatic rings. The van der Waals surface area contributed by atoms with E-state index >= 15 is 0 Å². The van der Waals surface area contributed by atoms with Crippen molar-refractivity contribution < 1.29 is 8.39 Å². The number of rotatable bonds is 4. The summed E-state index contributed by atoms with van der Waals surface area (Å²) < 4.78 is 15.1. The van der Waals surface area contributed by atoms with Gasteiger partial charge in [-0.1, -0.05) is 5.92 Å². The largest absolute Gasteiger partial charge is 0.277 e. The second kappa shape index (κ2) is 6.09. The Morgan fingerprint density at radius 1 is 1.78 bits per heavy atom. The van der Waals surface area contributed by atoms with Gasteiger partial charge in [-0.2, -0.15) is 0 Å². The van der Waals surface area contributed by atoms with Crippen molar-refractivity contribution in [1.29, 1.82) is 0 Å². The average Bonchev–Trinajstić information content (AvgIpc) is 1.85. The fraction of sp³-hybridized carbons (Fsp3) is 0.600. The second-order valence-corrected chi connectivity index (χ2v) is 2.79. The van der Waals surface area contributed by atoms with Crippen molar-refractivity contribution in [3.63, 3.8) is 0 Å². The van der Waals surface area contributed by atoms with Crippen LogP contribution in [0.4, 0.5) is 0 Å². The van der Waals surface area contributed by atoms with E-state index in [0.29, 0.717) is 11.6 Å². The monoisotopic (exact) mass is 166 g/mol. The Balaban J connectivity index is 3.19. The van der Waals surface area contributed by atoms with Crippen molar-refractivity contribution >= 4 is 22.7 Å². The van der Waals surface area contributed by atoms with Gasteiger partial charge in [-0.25, -0.2) is 4.21 Å². The van der Waals surface area contributed by atoms with Gasteiger partial charge in [0.2, 0.25) is 0 Å². The van der Waals surface area contributed by atoms with Gasteiger partial charge in [-0.3, -0.25) is 4.18 Å². The zero-order valence-corrected chi connectivity index (χ0v) is 6.37. The SMILES string of the molecule is C#CCOS(=O)CCCl. The minimum absolute atomic E-state index is 0.0868. The number of alkyl halides is 1. The lowest BCUT2D eigenvalue weighted by atomic mass is 10.8. The van der Waals surface area contributed by atoms with Gasteiger partial charge in [0.15, 0.2) is 11.1 Å². The molecular formula is C5H7ClO2S. The lowest BCUT2D eigenvalue weighted by molar-refractivity contribution is 0.403. The van der Waals surface area contributed by atoms with Crippen molar-refractivity contribution in [2.45, 2.75) is 0 Å². The molecule has 0 aromatic rings. The molecule has 0 aliphatic heterocycles. The Morgan fingerprint density at radius 3 is 2.89 bits per heavy atom. The van der Waals surface area contributed by atoms with E-state index in [1.165, 1.54) is 0 Å². The summed E-state index contributed by atoms with van der Waals surface area (Å²) in [5.41, 5.74) is 0. The van der Waals surface area contributed by atoms with Gasteiger partial charge in [0.05, 0.1) is 5.75 Å². The van der Waals surface area contributed by atoms with E-state index in [0.717, 1.165) is 0 Å². The van der Waals surface area contributed by atoms with Crippen LogP contribution in [0.5, 0.6) is 0 Å². The highest BCUT2D eigenvalue weighted by Gasteiger charge is 1.94.